The van der Waals surface area contributed by atoms with Crippen molar-refractivity contribution in [1.82, 2.24) is 19.4 Å². The summed E-state index contributed by atoms with van der Waals surface area (Å²) in [5.41, 5.74) is 1.40. The van der Waals surface area contributed by atoms with Crippen LogP contribution in [0.1, 0.15) is 38.4 Å². The molecule has 2 aromatic rings. The fourth-order valence-corrected chi connectivity index (χ4v) is 4.93. The Hall–Kier alpha value is -3.50. The number of nitrogens with one attached hydrogen (secondary N) is 1. The largest absolute Gasteiger partial charge is 0.478 e. The van der Waals surface area contributed by atoms with Crippen LogP contribution in [0.2, 0.25) is 0 Å². The molecule has 0 spiro atoms. The van der Waals surface area contributed by atoms with Gasteiger partial charge in [-0.3, -0.25) is 14.8 Å². The Morgan fingerprint density at radius 2 is 1.86 bits per heavy atom. The highest BCUT2D eigenvalue weighted by molar-refractivity contribution is 5.91. The van der Waals surface area contributed by atoms with Gasteiger partial charge in [-0.05, 0) is 38.3 Å². The van der Waals surface area contributed by atoms with E-state index in [-0.39, 0.29) is 42.2 Å². The molecule has 0 radical (unpaired) electrons. The lowest BCUT2D eigenvalue weighted by atomic mass is 9.95. The predicted octanol–water partition coefficient (Wildman–Crippen LogP) is 4.16. The number of nitrogens with zero attached hydrogens (tertiary/aromatic N) is 4. The van der Waals surface area contributed by atoms with Crippen LogP contribution in [0.4, 0.5) is 13.6 Å². The van der Waals surface area contributed by atoms with Crippen LogP contribution < -0.4 is 0 Å². The molecule has 1 aromatic carbocycles. The van der Waals surface area contributed by atoms with E-state index < -0.39 is 6.43 Å². The first-order valence-corrected chi connectivity index (χ1v) is 12.1. The molecule has 2 aliphatic rings. The molecule has 2 aliphatic heterocycles. The minimum absolute atomic E-state index is 0.0869. The van der Waals surface area contributed by atoms with Crippen LogP contribution in [-0.4, -0.2) is 77.1 Å². The smallest absolute Gasteiger partial charge is 0.409 e. The Kier molecular flexibility index (Phi) is 7.85. The van der Waals surface area contributed by atoms with E-state index in [0.717, 1.165) is 6.42 Å². The van der Waals surface area contributed by atoms with Crippen molar-refractivity contribution in [1.29, 1.82) is 5.41 Å². The van der Waals surface area contributed by atoms with Gasteiger partial charge in [-0.15, -0.1) is 0 Å². The number of piperidine rings is 1. The molecule has 1 N–H and O–H groups in total. The van der Waals surface area contributed by atoms with Crippen LogP contribution in [0.5, 0.6) is 0 Å². The first-order valence-electron chi connectivity index (χ1n) is 12.1. The summed E-state index contributed by atoms with van der Waals surface area (Å²) in [6, 6.07) is 6.86. The van der Waals surface area contributed by atoms with Crippen LogP contribution >= 0.6 is 0 Å². The Morgan fingerprint density at radius 3 is 2.56 bits per heavy atom. The molecule has 0 aliphatic carbocycles. The zero-order chi connectivity index (χ0) is 25.8. The van der Waals surface area contributed by atoms with Gasteiger partial charge in [0.1, 0.15) is 0 Å². The predicted molar refractivity (Wildman–Crippen MR) is 130 cm³/mol. The van der Waals surface area contributed by atoms with Gasteiger partial charge in [0.15, 0.2) is 5.82 Å². The number of rotatable bonds is 6. The van der Waals surface area contributed by atoms with Gasteiger partial charge in [0.05, 0.1) is 24.8 Å². The van der Waals surface area contributed by atoms with Gasteiger partial charge in [-0.1, -0.05) is 12.1 Å². The molecule has 1 atom stereocenters. The lowest BCUT2D eigenvalue weighted by Gasteiger charge is -2.32. The second-order valence-corrected chi connectivity index (χ2v) is 9.23. The van der Waals surface area contributed by atoms with Gasteiger partial charge in [-0.25, -0.2) is 18.6 Å². The Balaban J connectivity index is 1.30. The molecule has 2 fully saturated rings. The molecule has 36 heavy (non-hydrogen) atoms. The molecule has 0 bridgehead atoms. The standard InChI is InChI=1S/C25H31F2N5O4/c1-16(32-20-6-4-3-5-19(20)29-23(32)22(26)27)13-21(28)36-15-17-7-10-31(14-17)24(33)18-8-11-30(12-9-18)25(34)35-2/h3-6,13,17-18,22,28H,7-12,14-15H2,1-2H3/b16-13+,28-21?/t17-/m0/s1. The summed E-state index contributed by atoms with van der Waals surface area (Å²) < 4.78 is 38.9. The summed E-state index contributed by atoms with van der Waals surface area (Å²) in [7, 11) is 1.35. The summed E-state index contributed by atoms with van der Waals surface area (Å²) in [5.74, 6) is -0.433. The van der Waals surface area contributed by atoms with Crippen molar-refractivity contribution in [3.05, 3.63) is 36.2 Å². The molecule has 194 valence electrons. The van der Waals surface area contributed by atoms with Crippen LogP contribution in [0.25, 0.3) is 16.7 Å². The molecule has 2 amide bonds. The number of amides is 2. The van der Waals surface area contributed by atoms with Gasteiger partial charge in [0, 0.05) is 49.8 Å². The quantitative estimate of drug-likeness (QED) is 0.471. The van der Waals surface area contributed by atoms with E-state index in [1.165, 1.54) is 17.8 Å². The van der Waals surface area contributed by atoms with Crippen LogP contribution in [0.15, 0.2) is 30.3 Å². The topological polar surface area (TPSA) is 101 Å². The first-order chi connectivity index (χ1) is 17.3. The number of likely N-dealkylation sites (tertiary alicyclic amines) is 2. The van der Waals surface area contributed by atoms with E-state index in [4.69, 9.17) is 14.9 Å². The maximum Gasteiger partial charge on any atom is 0.409 e. The number of ether oxygens (including phenoxy) is 2. The summed E-state index contributed by atoms with van der Waals surface area (Å²) >= 11 is 0. The van der Waals surface area contributed by atoms with Gasteiger partial charge in [0.25, 0.3) is 6.43 Å². The summed E-state index contributed by atoms with van der Waals surface area (Å²) in [4.78, 5) is 32.1. The number of benzene rings is 1. The number of alkyl halides is 2. The van der Waals surface area contributed by atoms with E-state index in [1.807, 2.05) is 4.90 Å². The van der Waals surface area contributed by atoms with Gasteiger partial charge >= 0.3 is 6.09 Å². The number of carbonyl (C=O) groups excluding carboxylic acids is 2. The average Bonchev–Trinajstić information content (AvgIpc) is 3.52. The molecule has 4 rings (SSSR count). The van der Waals surface area contributed by atoms with Crippen molar-refractivity contribution in [3.63, 3.8) is 0 Å². The molecule has 11 heteroatoms. The number of methoxy groups -OCH3 is 1. The minimum atomic E-state index is -2.76. The minimum Gasteiger partial charge on any atom is -0.478 e. The fraction of sp³-hybridized carbons (Fsp3) is 0.520. The van der Waals surface area contributed by atoms with Crippen LogP contribution in [0.3, 0.4) is 0 Å². The van der Waals surface area contributed by atoms with Crippen LogP contribution in [-0.2, 0) is 14.3 Å². The second-order valence-electron chi connectivity index (χ2n) is 9.23. The number of para-hydroxylation sites is 2. The van der Waals surface area contributed by atoms with Crippen molar-refractivity contribution in [2.45, 2.75) is 32.6 Å². The SMILES string of the molecule is COC(=O)N1CCC(C(=O)N2CC[C@H](COC(=N)/C=C(\C)n3c(C(F)F)nc4ccccc43)C2)CC1. The number of fused-ring (bicyclic) bond motifs is 1. The molecule has 2 saturated heterocycles. The number of halogens is 2. The molecular formula is C25H31F2N5O4. The van der Waals surface area contributed by atoms with Crippen molar-refractivity contribution < 1.29 is 27.8 Å². The van der Waals surface area contributed by atoms with E-state index in [0.29, 0.717) is 55.8 Å². The first kappa shape index (κ1) is 25.6. The zero-order valence-electron chi connectivity index (χ0n) is 20.5. The molecule has 0 unspecified atom stereocenters. The highest BCUT2D eigenvalue weighted by atomic mass is 19.3. The summed E-state index contributed by atoms with van der Waals surface area (Å²) in [5, 5.41) is 8.19. The van der Waals surface area contributed by atoms with Crippen LogP contribution in [0, 0.1) is 17.2 Å². The van der Waals surface area contributed by atoms with Gasteiger partial charge in [0.2, 0.25) is 11.8 Å². The zero-order valence-corrected chi connectivity index (χ0v) is 20.5. The number of allylic oxidation sites excluding steroid dienone is 1. The molecular weight excluding hydrogens is 472 g/mol. The van der Waals surface area contributed by atoms with E-state index in [1.54, 1.807) is 36.1 Å². The Morgan fingerprint density at radius 1 is 1.17 bits per heavy atom. The molecule has 1 aromatic heterocycles. The third kappa shape index (κ3) is 5.50. The number of hydrogen-bond acceptors (Lipinski definition) is 6. The fourth-order valence-electron chi connectivity index (χ4n) is 4.93. The van der Waals surface area contributed by atoms with E-state index >= 15 is 0 Å². The number of carbonyl (C=O) groups is 2. The normalized spacial score (nSPS) is 19.2. The molecule has 9 nitrogen and oxygen atoms in total. The lowest BCUT2D eigenvalue weighted by molar-refractivity contribution is -0.136. The maximum absolute atomic E-state index is 13.6. The van der Waals surface area contributed by atoms with Crippen molar-refractivity contribution >= 4 is 34.6 Å². The average molecular weight is 504 g/mol. The van der Waals surface area contributed by atoms with Crippen molar-refractivity contribution in [2.24, 2.45) is 11.8 Å². The summed E-state index contributed by atoms with van der Waals surface area (Å²) in [6.07, 6.45) is 0.286. The van der Waals surface area contributed by atoms with Crippen molar-refractivity contribution in [3.8, 4) is 0 Å². The number of aromatic nitrogens is 2. The van der Waals surface area contributed by atoms with Gasteiger partial charge in [-0.2, -0.15) is 0 Å². The third-order valence-electron chi connectivity index (χ3n) is 6.82. The van der Waals surface area contributed by atoms with E-state index in [2.05, 4.69) is 4.98 Å². The Labute approximate surface area is 208 Å². The van der Waals surface area contributed by atoms with Gasteiger partial charge < -0.3 is 19.3 Å². The lowest BCUT2D eigenvalue weighted by Crippen LogP contribution is -2.44. The highest BCUT2D eigenvalue weighted by Crippen LogP contribution is 2.28. The number of imidazole rings is 1. The number of hydrogen-bond donors (Lipinski definition) is 1. The van der Waals surface area contributed by atoms with Crippen molar-refractivity contribution in [2.75, 3.05) is 39.9 Å². The van der Waals surface area contributed by atoms with E-state index in [9.17, 15) is 18.4 Å². The molecule has 0 saturated carbocycles. The monoisotopic (exact) mass is 503 g/mol. The summed E-state index contributed by atoms with van der Waals surface area (Å²) in [6.45, 7) is 4.09. The Bertz CT molecular complexity index is 1160. The highest BCUT2D eigenvalue weighted by Gasteiger charge is 2.34. The third-order valence-corrected chi connectivity index (χ3v) is 6.82. The maximum atomic E-state index is 13.6. The molecule has 3 heterocycles. The second kappa shape index (κ2) is 11.0.